The normalized spacial score (nSPS) is 23.6. The predicted octanol–water partition coefficient (Wildman–Crippen LogP) is 1.23. The lowest BCUT2D eigenvalue weighted by atomic mass is 10.0. The molecule has 22 heavy (non-hydrogen) atoms. The summed E-state index contributed by atoms with van der Waals surface area (Å²) < 4.78 is 27.8. The molecular formula is C12H21N5O3S2. The Morgan fingerprint density at radius 2 is 1.91 bits per heavy atom. The van der Waals surface area contributed by atoms with Crippen molar-refractivity contribution in [3.05, 3.63) is 0 Å². The van der Waals surface area contributed by atoms with Crippen molar-refractivity contribution in [3.8, 4) is 0 Å². The molecule has 2 N–H and O–H groups in total. The van der Waals surface area contributed by atoms with Gasteiger partial charge in [-0.2, -0.15) is 0 Å². The molecule has 2 aliphatic rings. The standard InChI is InChI=1S/C12H21N5O3S2/c1-8-13-9(2)17(21)11(14-8)15-12(18)16-22(19,20)10-6-4-3-5-7-10/h10-11,21H,3-7H2,1-2H3,(H2,15,16,18). The molecule has 1 saturated carbocycles. The number of hydrogen-bond acceptors (Lipinski definition) is 7. The third kappa shape index (κ3) is 4.13. The van der Waals surface area contributed by atoms with E-state index in [9.17, 15) is 13.2 Å². The first kappa shape index (κ1) is 17.1. The van der Waals surface area contributed by atoms with Crippen LogP contribution in [0.5, 0.6) is 0 Å². The summed E-state index contributed by atoms with van der Waals surface area (Å²) in [5.74, 6) is 1.06. The molecule has 1 aliphatic heterocycles. The summed E-state index contributed by atoms with van der Waals surface area (Å²) in [6.07, 6.45) is 3.18. The summed E-state index contributed by atoms with van der Waals surface area (Å²) in [7, 11) is -3.66. The lowest BCUT2D eigenvalue weighted by Gasteiger charge is -2.29. The number of urea groups is 1. The van der Waals surface area contributed by atoms with E-state index >= 15 is 0 Å². The van der Waals surface area contributed by atoms with Crippen LogP contribution >= 0.6 is 12.8 Å². The number of nitrogens with zero attached hydrogens (tertiary/aromatic N) is 3. The molecule has 0 aromatic carbocycles. The van der Waals surface area contributed by atoms with Crippen molar-refractivity contribution in [2.75, 3.05) is 0 Å². The first-order valence-electron chi connectivity index (χ1n) is 7.19. The molecule has 1 aliphatic carbocycles. The van der Waals surface area contributed by atoms with Crippen LogP contribution in [0.25, 0.3) is 0 Å². The van der Waals surface area contributed by atoms with Crippen molar-refractivity contribution in [1.29, 1.82) is 0 Å². The molecule has 0 bridgehead atoms. The fourth-order valence-electron chi connectivity index (χ4n) is 2.55. The summed E-state index contributed by atoms with van der Waals surface area (Å²) in [4.78, 5) is 20.2. The van der Waals surface area contributed by atoms with Gasteiger partial charge in [-0.15, -0.1) is 0 Å². The molecular weight excluding hydrogens is 326 g/mol. The third-order valence-corrected chi connectivity index (χ3v) is 6.01. The predicted molar refractivity (Wildman–Crippen MR) is 88.3 cm³/mol. The van der Waals surface area contributed by atoms with Gasteiger partial charge >= 0.3 is 6.03 Å². The quantitative estimate of drug-likeness (QED) is 0.668. The maximum atomic E-state index is 12.2. The molecule has 0 saturated heterocycles. The average Bonchev–Trinajstić information content (AvgIpc) is 2.44. The Labute approximate surface area is 136 Å². The van der Waals surface area contributed by atoms with Gasteiger partial charge in [-0.05, 0) is 26.7 Å². The number of carbonyl (C=O) groups is 1. The van der Waals surface area contributed by atoms with E-state index in [4.69, 9.17) is 0 Å². The van der Waals surface area contributed by atoms with Crippen molar-refractivity contribution in [1.82, 2.24) is 14.3 Å². The minimum atomic E-state index is -3.66. The Morgan fingerprint density at radius 1 is 1.27 bits per heavy atom. The van der Waals surface area contributed by atoms with E-state index in [-0.39, 0.29) is 0 Å². The number of rotatable bonds is 3. The van der Waals surface area contributed by atoms with Gasteiger partial charge < -0.3 is 0 Å². The average molecular weight is 347 g/mol. The SMILES string of the molecule is CC1=NC(NC(=O)NS(=O)(=O)C2CCCCC2)N(S)C(C)=N1. The number of sulfonamides is 1. The molecule has 2 amide bonds. The molecule has 10 heteroatoms. The van der Waals surface area contributed by atoms with Gasteiger partial charge in [0.15, 0.2) is 0 Å². The second-order valence-corrected chi connectivity index (χ2v) is 7.83. The summed E-state index contributed by atoms with van der Waals surface area (Å²) in [6, 6.07) is -0.805. The Hall–Kier alpha value is -1.29. The maximum Gasteiger partial charge on any atom is 0.331 e. The number of hydrogen-bond donors (Lipinski definition) is 3. The number of thiol groups is 1. The van der Waals surface area contributed by atoms with Crippen molar-refractivity contribution >= 4 is 40.5 Å². The second kappa shape index (κ2) is 6.86. The van der Waals surface area contributed by atoms with Crippen molar-refractivity contribution in [2.24, 2.45) is 9.98 Å². The smallest absolute Gasteiger partial charge is 0.297 e. The zero-order valence-corrected chi connectivity index (χ0v) is 14.3. The largest absolute Gasteiger partial charge is 0.331 e. The maximum absolute atomic E-state index is 12.2. The van der Waals surface area contributed by atoms with Crippen LogP contribution in [0.1, 0.15) is 46.0 Å². The molecule has 8 nitrogen and oxygen atoms in total. The number of amides is 2. The molecule has 1 atom stereocenters. The Morgan fingerprint density at radius 3 is 2.55 bits per heavy atom. The number of nitrogens with one attached hydrogen (secondary N) is 2. The van der Waals surface area contributed by atoms with Crippen LogP contribution in [0.4, 0.5) is 4.79 Å². The van der Waals surface area contributed by atoms with E-state index in [2.05, 4.69) is 32.8 Å². The highest BCUT2D eigenvalue weighted by Crippen LogP contribution is 2.23. The van der Waals surface area contributed by atoms with E-state index in [0.717, 1.165) is 19.3 Å². The molecule has 1 unspecified atom stereocenters. The van der Waals surface area contributed by atoms with Gasteiger partial charge in [0, 0.05) is 0 Å². The fourth-order valence-corrected chi connectivity index (χ4v) is 4.14. The van der Waals surface area contributed by atoms with Crippen molar-refractivity contribution in [3.63, 3.8) is 0 Å². The monoisotopic (exact) mass is 347 g/mol. The van der Waals surface area contributed by atoms with Crippen LogP contribution in [-0.4, -0.2) is 42.0 Å². The van der Waals surface area contributed by atoms with Crippen LogP contribution in [0.15, 0.2) is 9.98 Å². The molecule has 1 fully saturated rings. The first-order valence-corrected chi connectivity index (χ1v) is 9.14. The Balaban J connectivity index is 1.96. The highest BCUT2D eigenvalue weighted by molar-refractivity contribution is 7.90. The minimum absolute atomic E-state index is 0.489. The molecule has 124 valence electrons. The highest BCUT2D eigenvalue weighted by Gasteiger charge is 2.30. The summed E-state index contributed by atoms with van der Waals surface area (Å²) in [5, 5.41) is 1.98. The van der Waals surface area contributed by atoms with E-state index in [1.54, 1.807) is 13.8 Å². The topological polar surface area (TPSA) is 103 Å². The number of amidine groups is 2. The molecule has 0 aromatic rings. The Kier molecular flexibility index (Phi) is 5.32. The van der Waals surface area contributed by atoms with Crippen LogP contribution < -0.4 is 10.0 Å². The van der Waals surface area contributed by atoms with E-state index < -0.39 is 27.6 Å². The number of carbonyl (C=O) groups excluding carboxylic acids is 1. The fraction of sp³-hybridized carbons (Fsp3) is 0.750. The molecule has 2 rings (SSSR count). The van der Waals surface area contributed by atoms with E-state index in [0.29, 0.717) is 24.5 Å². The van der Waals surface area contributed by atoms with E-state index in [1.165, 1.54) is 4.31 Å². The van der Waals surface area contributed by atoms with Gasteiger partial charge in [-0.1, -0.05) is 32.1 Å². The summed E-state index contributed by atoms with van der Waals surface area (Å²) >= 11 is 4.18. The van der Waals surface area contributed by atoms with Gasteiger partial charge in [0.2, 0.25) is 16.3 Å². The lowest BCUT2D eigenvalue weighted by molar-refractivity contribution is 0.237. The van der Waals surface area contributed by atoms with Crippen molar-refractivity contribution < 1.29 is 13.2 Å². The van der Waals surface area contributed by atoms with Gasteiger partial charge in [-0.3, -0.25) is 9.62 Å². The zero-order valence-electron chi connectivity index (χ0n) is 12.6. The van der Waals surface area contributed by atoms with Crippen LogP contribution in [0.3, 0.4) is 0 Å². The summed E-state index contributed by atoms with van der Waals surface area (Å²) in [6.45, 7) is 3.41. The van der Waals surface area contributed by atoms with E-state index in [1.807, 2.05) is 0 Å². The third-order valence-electron chi connectivity index (χ3n) is 3.68. The minimum Gasteiger partial charge on any atom is -0.297 e. The second-order valence-electron chi connectivity index (χ2n) is 5.43. The zero-order chi connectivity index (χ0) is 16.3. The summed E-state index contributed by atoms with van der Waals surface area (Å²) in [5.41, 5.74) is 0. The van der Waals surface area contributed by atoms with Gasteiger partial charge in [0.1, 0.15) is 11.7 Å². The van der Waals surface area contributed by atoms with Crippen LogP contribution in [0, 0.1) is 0 Å². The lowest BCUT2D eigenvalue weighted by Crippen LogP contribution is -2.52. The van der Waals surface area contributed by atoms with Crippen molar-refractivity contribution in [2.45, 2.75) is 57.5 Å². The Bertz CT molecular complexity index is 596. The molecule has 1 heterocycles. The molecule has 0 spiro atoms. The van der Waals surface area contributed by atoms with Crippen LogP contribution in [0.2, 0.25) is 0 Å². The molecule has 0 aromatic heterocycles. The molecule has 0 radical (unpaired) electrons. The van der Waals surface area contributed by atoms with Gasteiger partial charge in [0.05, 0.1) is 5.25 Å². The van der Waals surface area contributed by atoms with Gasteiger partial charge in [0.25, 0.3) is 0 Å². The van der Waals surface area contributed by atoms with Crippen LogP contribution in [-0.2, 0) is 10.0 Å². The first-order chi connectivity index (χ1) is 10.3. The highest BCUT2D eigenvalue weighted by atomic mass is 32.2. The van der Waals surface area contributed by atoms with Gasteiger partial charge in [-0.25, -0.2) is 27.9 Å². The number of aliphatic imine (C=N–C) groups is 2.